The van der Waals surface area contributed by atoms with Crippen LogP contribution in [0.2, 0.25) is 0 Å². The van der Waals surface area contributed by atoms with Gasteiger partial charge in [-0.3, -0.25) is 9.58 Å². The summed E-state index contributed by atoms with van der Waals surface area (Å²) in [6.45, 7) is 1.53. The summed E-state index contributed by atoms with van der Waals surface area (Å²) in [4.78, 5) is 2.32. The molecule has 2 heterocycles. The molecule has 6 heteroatoms. The molecular weight excluding hydrogens is 306 g/mol. The van der Waals surface area contributed by atoms with Crippen LogP contribution in [0.5, 0.6) is 11.5 Å². The van der Waals surface area contributed by atoms with Crippen molar-refractivity contribution in [3.05, 3.63) is 41.7 Å². The first-order valence-corrected chi connectivity index (χ1v) is 8.25. The number of aliphatic hydroxyl groups excluding tert-OH is 1. The lowest BCUT2D eigenvalue weighted by Gasteiger charge is -2.27. The molecule has 130 valence electrons. The lowest BCUT2D eigenvalue weighted by atomic mass is 10.1. The third-order valence-corrected chi connectivity index (χ3v) is 4.68. The van der Waals surface area contributed by atoms with Crippen molar-refractivity contribution in [1.29, 1.82) is 0 Å². The number of aryl methyl sites for hydroxylation is 1. The maximum atomic E-state index is 10.8. The number of aromatic nitrogens is 2. The fourth-order valence-electron chi connectivity index (χ4n) is 3.45. The average Bonchev–Trinajstić information content (AvgIpc) is 3.22. The van der Waals surface area contributed by atoms with E-state index in [-0.39, 0.29) is 0 Å². The molecule has 2 unspecified atom stereocenters. The van der Waals surface area contributed by atoms with Gasteiger partial charge in [0.05, 0.1) is 26.5 Å². The standard InChI is InChI=1S/C18H25N3O3/c1-20-11-13(10-19-20)16-5-4-8-21(16)12-17(22)15-9-14(23-2)6-7-18(15)24-3/h6-7,9-11,16-17,22H,4-5,8,12H2,1-3H3. The number of ether oxygens (including phenoxy) is 2. The van der Waals surface area contributed by atoms with Crippen LogP contribution in [0.3, 0.4) is 0 Å². The minimum atomic E-state index is -0.632. The maximum Gasteiger partial charge on any atom is 0.124 e. The topological polar surface area (TPSA) is 59.8 Å². The van der Waals surface area contributed by atoms with Crippen LogP contribution in [0.4, 0.5) is 0 Å². The van der Waals surface area contributed by atoms with Crippen LogP contribution in [-0.2, 0) is 7.05 Å². The number of β-amino-alcohol motifs (C(OH)–C–C–N with tert-alkyl or cyclic N) is 1. The molecule has 24 heavy (non-hydrogen) atoms. The largest absolute Gasteiger partial charge is 0.497 e. The van der Waals surface area contributed by atoms with Crippen molar-refractivity contribution in [2.45, 2.75) is 25.0 Å². The Morgan fingerprint density at radius 1 is 1.33 bits per heavy atom. The fourth-order valence-corrected chi connectivity index (χ4v) is 3.45. The van der Waals surface area contributed by atoms with Gasteiger partial charge in [0.2, 0.25) is 0 Å². The molecule has 0 radical (unpaired) electrons. The molecule has 3 rings (SSSR count). The average molecular weight is 331 g/mol. The number of aliphatic hydroxyl groups is 1. The zero-order chi connectivity index (χ0) is 17.1. The Hall–Kier alpha value is -2.05. The zero-order valence-electron chi connectivity index (χ0n) is 14.5. The first kappa shape index (κ1) is 16.8. The third-order valence-electron chi connectivity index (χ3n) is 4.68. The predicted molar refractivity (Wildman–Crippen MR) is 91.3 cm³/mol. The monoisotopic (exact) mass is 331 g/mol. The molecule has 1 aliphatic heterocycles. The van der Waals surface area contributed by atoms with Gasteiger partial charge in [-0.05, 0) is 37.6 Å². The van der Waals surface area contributed by atoms with Crippen molar-refractivity contribution in [2.75, 3.05) is 27.3 Å². The molecule has 0 saturated carbocycles. The van der Waals surface area contributed by atoms with E-state index in [0.717, 1.165) is 30.7 Å². The molecule has 0 bridgehead atoms. The van der Waals surface area contributed by atoms with E-state index >= 15 is 0 Å². The number of nitrogens with zero attached hydrogens (tertiary/aromatic N) is 3. The molecule has 2 atom stereocenters. The number of benzene rings is 1. The Bertz CT molecular complexity index is 686. The lowest BCUT2D eigenvalue weighted by Crippen LogP contribution is -2.28. The highest BCUT2D eigenvalue weighted by atomic mass is 16.5. The number of likely N-dealkylation sites (tertiary alicyclic amines) is 1. The fraction of sp³-hybridized carbons (Fsp3) is 0.500. The molecule has 1 aromatic heterocycles. The van der Waals surface area contributed by atoms with Gasteiger partial charge >= 0.3 is 0 Å². The van der Waals surface area contributed by atoms with Gasteiger partial charge in [-0.25, -0.2) is 0 Å². The van der Waals surface area contributed by atoms with E-state index in [1.54, 1.807) is 14.2 Å². The highest BCUT2D eigenvalue weighted by Gasteiger charge is 2.29. The molecule has 0 spiro atoms. The van der Waals surface area contributed by atoms with Gasteiger partial charge in [-0.2, -0.15) is 5.10 Å². The van der Waals surface area contributed by atoms with Crippen molar-refractivity contribution in [3.63, 3.8) is 0 Å². The summed E-state index contributed by atoms with van der Waals surface area (Å²) in [6.07, 6.45) is 5.56. The van der Waals surface area contributed by atoms with E-state index in [1.165, 1.54) is 5.56 Å². The highest BCUT2D eigenvalue weighted by molar-refractivity contribution is 5.41. The molecule has 1 fully saturated rings. The van der Waals surface area contributed by atoms with E-state index in [2.05, 4.69) is 16.2 Å². The van der Waals surface area contributed by atoms with Crippen molar-refractivity contribution >= 4 is 0 Å². The van der Waals surface area contributed by atoms with Crippen molar-refractivity contribution in [2.24, 2.45) is 7.05 Å². The quantitative estimate of drug-likeness (QED) is 0.880. The van der Waals surface area contributed by atoms with E-state index < -0.39 is 6.10 Å². The normalized spacial score (nSPS) is 19.4. The van der Waals surface area contributed by atoms with Crippen LogP contribution >= 0.6 is 0 Å². The number of hydrogen-bond donors (Lipinski definition) is 1. The Balaban J connectivity index is 1.77. The van der Waals surface area contributed by atoms with Gasteiger partial charge < -0.3 is 14.6 Å². The van der Waals surface area contributed by atoms with Gasteiger partial charge in [-0.15, -0.1) is 0 Å². The Morgan fingerprint density at radius 2 is 2.17 bits per heavy atom. The van der Waals surface area contributed by atoms with Gasteiger partial charge in [0.1, 0.15) is 11.5 Å². The number of methoxy groups -OCH3 is 2. The second kappa shape index (κ2) is 7.23. The van der Waals surface area contributed by atoms with Crippen LogP contribution in [-0.4, -0.2) is 47.1 Å². The summed E-state index contributed by atoms with van der Waals surface area (Å²) >= 11 is 0. The number of rotatable bonds is 6. The molecule has 0 aliphatic carbocycles. The molecule has 1 N–H and O–H groups in total. The Labute approximate surface area is 142 Å². The molecule has 2 aromatic rings. The number of hydrogen-bond acceptors (Lipinski definition) is 5. The smallest absolute Gasteiger partial charge is 0.124 e. The second-order valence-corrected chi connectivity index (χ2v) is 6.22. The summed E-state index contributed by atoms with van der Waals surface area (Å²) in [5.41, 5.74) is 1.97. The molecule has 1 aromatic carbocycles. The maximum absolute atomic E-state index is 10.8. The van der Waals surface area contributed by atoms with Crippen molar-refractivity contribution in [1.82, 2.24) is 14.7 Å². The van der Waals surface area contributed by atoms with Crippen LogP contribution in [0.25, 0.3) is 0 Å². The summed E-state index contributed by atoms with van der Waals surface area (Å²) in [5.74, 6) is 1.40. The molecular formula is C18H25N3O3. The van der Waals surface area contributed by atoms with Crippen molar-refractivity contribution in [3.8, 4) is 11.5 Å². The molecule has 1 saturated heterocycles. The first-order valence-electron chi connectivity index (χ1n) is 8.25. The minimum absolute atomic E-state index is 0.310. The van der Waals surface area contributed by atoms with Crippen LogP contribution in [0.15, 0.2) is 30.6 Å². The Kier molecular flexibility index (Phi) is 5.06. The van der Waals surface area contributed by atoms with Crippen LogP contribution < -0.4 is 9.47 Å². The predicted octanol–water partition coefficient (Wildman–Crippen LogP) is 2.31. The Morgan fingerprint density at radius 3 is 2.83 bits per heavy atom. The van der Waals surface area contributed by atoms with Gasteiger partial charge in [0.15, 0.2) is 0 Å². The molecule has 1 aliphatic rings. The third kappa shape index (κ3) is 3.39. The van der Waals surface area contributed by atoms with E-state index in [4.69, 9.17) is 9.47 Å². The lowest BCUT2D eigenvalue weighted by molar-refractivity contribution is 0.104. The highest BCUT2D eigenvalue weighted by Crippen LogP contribution is 2.35. The summed E-state index contributed by atoms with van der Waals surface area (Å²) in [6, 6.07) is 5.83. The van der Waals surface area contributed by atoms with E-state index in [1.807, 2.05) is 36.1 Å². The van der Waals surface area contributed by atoms with E-state index in [9.17, 15) is 5.11 Å². The van der Waals surface area contributed by atoms with Crippen LogP contribution in [0.1, 0.15) is 36.1 Å². The SMILES string of the molecule is COc1ccc(OC)c(C(O)CN2CCCC2c2cnn(C)c2)c1. The second-order valence-electron chi connectivity index (χ2n) is 6.22. The van der Waals surface area contributed by atoms with Crippen molar-refractivity contribution < 1.29 is 14.6 Å². The van der Waals surface area contributed by atoms with Gasteiger partial charge in [-0.1, -0.05) is 0 Å². The van der Waals surface area contributed by atoms with Gasteiger partial charge in [0, 0.05) is 37.0 Å². The molecule has 6 nitrogen and oxygen atoms in total. The van der Waals surface area contributed by atoms with E-state index in [0.29, 0.717) is 18.3 Å². The molecule has 0 amide bonds. The van der Waals surface area contributed by atoms with Crippen LogP contribution in [0, 0.1) is 0 Å². The minimum Gasteiger partial charge on any atom is -0.497 e. The summed E-state index contributed by atoms with van der Waals surface area (Å²) in [7, 11) is 5.17. The summed E-state index contributed by atoms with van der Waals surface area (Å²) < 4.78 is 12.5. The zero-order valence-corrected chi connectivity index (χ0v) is 14.5. The van der Waals surface area contributed by atoms with Gasteiger partial charge in [0.25, 0.3) is 0 Å². The first-order chi connectivity index (χ1) is 11.6. The summed E-state index contributed by atoms with van der Waals surface area (Å²) in [5, 5.41) is 15.1.